The number of aliphatic hydroxyl groups is 1. The Bertz CT molecular complexity index is 927. The van der Waals surface area contributed by atoms with Crippen molar-refractivity contribution in [2.75, 3.05) is 20.8 Å². The van der Waals surface area contributed by atoms with E-state index < -0.39 is 11.9 Å². The number of aliphatic hydroxyl groups excluding tert-OH is 1. The molecule has 0 aliphatic rings. The van der Waals surface area contributed by atoms with Crippen LogP contribution in [0.5, 0.6) is 11.5 Å². The molecular formula is C20H21N3O5. The van der Waals surface area contributed by atoms with E-state index in [0.29, 0.717) is 23.5 Å². The highest BCUT2D eigenvalue weighted by Gasteiger charge is 2.20. The first-order valence-corrected chi connectivity index (χ1v) is 8.66. The molecule has 0 saturated carbocycles. The Balaban J connectivity index is 1.71. The fourth-order valence-electron chi connectivity index (χ4n) is 2.72. The summed E-state index contributed by atoms with van der Waals surface area (Å²) in [6.45, 7) is -0.211. The quantitative estimate of drug-likeness (QED) is 0.613. The molecule has 0 radical (unpaired) electrons. The van der Waals surface area contributed by atoms with E-state index in [1.807, 2.05) is 30.3 Å². The molecule has 1 atom stereocenters. The zero-order chi connectivity index (χ0) is 19.9. The second-order valence-electron chi connectivity index (χ2n) is 6.04. The van der Waals surface area contributed by atoms with Crippen molar-refractivity contribution in [2.24, 2.45) is 0 Å². The fraction of sp³-hybridized carbons (Fsp3) is 0.250. The van der Waals surface area contributed by atoms with Crippen molar-refractivity contribution in [3.63, 3.8) is 0 Å². The largest absolute Gasteiger partial charge is 0.493 e. The van der Waals surface area contributed by atoms with Gasteiger partial charge in [0, 0.05) is 5.56 Å². The van der Waals surface area contributed by atoms with Crippen LogP contribution in [0, 0.1) is 0 Å². The molecule has 2 aromatic carbocycles. The van der Waals surface area contributed by atoms with Crippen molar-refractivity contribution >= 4 is 5.91 Å². The maximum Gasteiger partial charge on any atom is 0.316 e. The summed E-state index contributed by atoms with van der Waals surface area (Å²) < 4.78 is 15.5. The standard InChI is InChI=1S/C20H21N3O5/c1-26-16-9-8-14(11-17(16)27-2)18-22-20(28-23-18)19(25)21-15(12-24)10-13-6-4-3-5-7-13/h3-9,11,15,24H,10,12H2,1-2H3,(H,21,25)/t15-/m0/s1. The fourth-order valence-corrected chi connectivity index (χ4v) is 2.72. The van der Waals surface area contributed by atoms with Gasteiger partial charge in [-0.2, -0.15) is 4.98 Å². The Hall–Kier alpha value is -3.39. The molecule has 0 bridgehead atoms. The molecule has 1 heterocycles. The molecule has 0 aliphatic heterocycles. The van der Waals surface area contributed by atoms with Crippen molar-refractivity contribution in [2.45, 2.75) is 12.5 Å². The van der Waals surface area contributed by atoms with Gasteiger partial charge in [-0.1, -0.05) is 35.5 Å². The predicted octanol–water partition coefficient (Wildman–Crippen LogP) is 2.09. The average molecular weight is 383 g/mol. The van der Waals surface area contributed by atoms with Crippen LogP contribution in [0.4, 0.5) is 0 Å². The van der Waals surface area contributed by atoms with Crippen LogP contribution in [-0.2, 0) is 6.42 Å². The number of methoxy groups -OCH3 is 2. The lowest BCUT2D eigenvalue weighted by molar-refractivity contribution is 0.0872. The highest BCUT2D eigenvalue weighted by atomic mass is 16.5. The molecule has 0 unspecified atom stereocenters. The molecule has 0 saturated heterocycles. The van der Waals surface area contributed by atoms with E-state index in [0.717, 1.165) is 5.56 Å². The number of benzene rings is 2. The van der Waals surface area contributed by atoms with Crippen molar-refractivity contribution in [3.05, 3.63) is 60.0 Å². The number of rotatable bonds is 8. The van der Waals surface area contributed by atoms with Crippen LogP contribution < -0.4 is 14.8 Å². The SMILES string of the molecule is COc1ccc(-c2noc(C(=O)N[C@H](CO)Cc3ccccc3)n2)cc1OC. The van der Waals surface area contributed by atoms with Crippen molar-refractivity contribution in [1.82, 2.24) is 15.5 Å². The third-order valence-corrected chi connectivity index (χ3v) is 4.14. The normalized spacial score (nSPS) is 11.7. The van der Waals surface area contributed by atoms with E-state index in [1.165, 1.54) is 7.11 Å². The minimum atomic E-state index is -0.547. The van der Waals surface area contributed by atoms with Crippen molar-refractivity contribution in [3.8, 4) is 22.9 Å². The van der Waals surface area contributed by atoms with Crippen molar-refractivity contribution < 1.29 is 23.9 Å². The lowest BCUT2D eigenvalue weighted by atomic mass is 10.1. The third kappa shape index (κ3) is 4.47. The summed E-state index contributed by atoms with van der Waals surface area (Å²) in [6.07, 6.45) is 0.486. The smallest absolute Gasteiger partial charge is 0.316 e. The maximum atomic E-state index is 12.4. The van der Waals surface area contributed by atoms with E-state index in [-0.39, 0.29) is 18.3 Å². The minimum absolute atomic E-state index is 0.184. The molecule has 1 amide bonds. The molecular weight excluding hydrogens is 362 g/mol. The van der Waals surface area contributed by atoms with E-state index in [2.05, 4.69) is 15.5 Å². The first-order chi connectivity index (χ1) is 13.6. The molecule has 0 fully saturated rings. The number of carbonyl (C=O) groups excluding carboxylic acids is 1. The number of aromatic nitrogens is 2. The number of hydrogen-bond donors (Lipinski definition) is 2. The van der Waals surface area contributed by atoms with Gasteiger partial charge in [0.25, 0.3) is 0 Å². The molecule has 3 rings (SSSR count). The summed E-state index contributed by atoms with van der Waals surface area (Å²) in [7, 11) is 3.07. The molecule has 0 aliphatic carbocycles. The van der Waals surface area contributed by atoms with Gasteiger partial charge in [0.15, 0.2) is 11.5 Å². The van der Waals surface area contributed by atoms with Crippen molar-refractivity contribution in [1.29, 1.82) is 0 Å². The Kier molecular flexibility index (Phi) is 6.23. The highest BCUT2D eigenvalue weighted by molar-refractivity contribution is 5.90. The Morgan fingerprint density at radius 3 is 2.57 bits per heavy atom. The van der Waals surface area contributed by atoms with Gasteiger partial charge in [0.2, 0.25) is 5.82 Å². The summed E-state index contributed by atoms with van der Waals surface area (Å²) in [5, 5.41) is 16.1. The average Bonchev–Trinajstić information content (AvgIpc) is 3.24. The molecule has 1 aromatic heterocycles. The van der Waals surface area contributed by atoms with Crippen LogP contribution in [0.3, 0.4) is 0 Å². The van der Waals surface area contributed by atoms with Gasteiger partial charge in [0.1, 0.15) is 0 Å². The molecule has 2 N–H and O–H groups in total. The second kappa shape index (κ2) is 9.01. The summed E-state index contributed by atoms with van der Waals surface area (Å²) in [4.78, 5) is 16.5. The van der Waals surface area contributed by atoms with Gasteiger partial charge >= 0.3 is 11.8 Å². The maximum absolute atomic E-state index is 12.4. The zero-order valence-corrected chi connectivity index (χ0v) is 15.6. The minimum Gasteiger partial charge on any atom is -0.493 e. The van der Waals surface area contributed by atoms with E-state index >= 15 is 0 Å². The van der Waals surface area contributed by atoms with Crippen LogP contribution in [0.25, 0.3) is 11.4 Å². The number of ether oxygens (including phenoxy) is 2. The zero-order valence-electron chi connectivity index (χ0n) is 15.6. The molecule has 146 valence electrons. The molecule has 0 spiro atoms. The number of hydrogen-bond acceptors (Lipinski definition) is 7. The lowest BCUT2D eigenvalue weighted by Crippen LogP contribution is -2.39. The molecule has 8 nitrogen and oxygen atoms in total. The van der Waals surface area contributed by atoms with E-state index in [4.69, 9.17) is 14.0 Å². The van der Waals surface area contributed by atoms with Gasteiger partial charge in [-0.05, 0) is 30.2 Å². The number of nitrogens with zero attached hydrogens (tertiary/aromatic N) is 2. The Morgan fingerprint density at radius 1 is 1.14 bits per heavy atom. The molecule has 8 heteroatoms. The third-order valence-electron chi connectivity index (χ3n) is 4.14. The summed E-state index contributed by atoms with van der Waals surface area (Å²) in [5.41, 5.74) is 1.61. The summed E-state index contributed by atoms with van der Waals surface area (Å²) in [5.74, 6) is 0.596. The lowest BCUT2D eigenvalue weighted by Gasteiger charge is -2.14. The van der Waals surface area contributed by atoms with Gasteiger partial charge in [-0.3, -0.25) is 4.79 Å². The van der Waals surface area contributed by atoms with Crippen LogP contribution in [0.2, 0.25) is 0 Å². The van der Waals surface area contributed by atoms with E-state index in [1.54, 1.807) is 25.3 Å². The Labute approximate surface area is 162 Å². The molecule has 3 aromatic rings. The van der Waals surface area contributed by atoms with Gasteiger partial charge < -0.3 is 24.4 Å². The van der Waals surface area contributed by atoms with Gasteiger partial charge in [-0.15, -0.1) is 0 Å². The molecule has 28 heavy (non-hydrogen) atoms. The van der Waals surface area contributed by atoms with Crippen LogP contribution in [0.1, 0.15) is 16.2 Å². The van der Waals surface area contributed by atoms with Gasteiger partial charge in [-0.25, -0.2) is 0 Å². The first-order valence-electron chi connectivity index (χ1n) is 8.66. The Morgan fingerprint density at radius 2 is 1.89 bits per heavy atom. The second-order valence-corrected chi connectivity index (χ2v) is 6.04. The summed E-state index contributed by atoms with van der Waals surface area (Å²) in [6, 6.07) is 14.2. The number of carbonyl (C=O) groups is 1. The summed E-state index contributed by atoms with van der Waals surface area (Å²) >= 11 is 0. The van der Waals surface area contributed by atoms with Gasteiger partial charge in [0.05, 0.1) is 26.9 Å². The number of amides is 1. The van der Waals surface area contributed by atoms with E-state index in [9.17, 15) is 9.90 Å². The van der Waals surface area contributed by atoms with Crippen LogP contribution >= 0.6 is 0 Å². The topological polar surface area (TPSA) is 107 Å². The number of nitrogens with one attached hydrogen (secondary N) is 1. The van der Waals surface area contributed by atoms with Crippen LogP contribution in [0.15, 0.2) is 53.1 Å². The van der Waals surface area contributed by atoms with Crippen LogP contribution in [-0.4, -0.2) is 48.0 Å². The first kappa shape index (κ1) is 19.4. The monoisotopic (exact) mass is 383 g/mol. The predicted molar refractivity (Wildman–Crippen MR) is 101 cm³/mol. The highest BCUT2D eigenvalue weighted by Crippen LogP contribution is 2.31.